The number of hydrogen-bond donors (Lipinski definition) is 0. The summed E-state index contributed by atoms with van der Waals surface area (Å²) >= 11 is 0. The number of carbonyl (C=O) groups excluding carboxylic acids is 1. The highest BCUT2D eigenvalue weighted by Crippen LogP contribution is 2.31. The number of aromatic nitrogens is 4. The molecule has 3 aromatic rings. The van der Waals surface area contributed by atoms with Crippen molar-refractivity contribution in [2.24, 2.45) is 0 Å². The third-order valence-electron chi connectivity index (χ3n) is 5.06. The van der Waals surface area contributed by atoms with Gasteiger partial charge in [0.1, 0.15) is 18.8 Å². The molecule has 1 fully saturated rings. The lowest BCUT2D eigenvalue weighted by molar-refractivity contribution is -0.141. The van der Waals surface area contributed by atoms with Crippen LogP contribution in [-0.4, -0.2) is 69.3 Å². The van der Waals surface area contributed by atoms with Crippen molar-refractivity contribution in [3.63, 3.8) is 0 Å². The SMILES string of the molecule is Cc1cc(N2CCN(C(=O)[C@H]3COc4ccccc4O3)CC2)n2ncnc2n1. The lowest BCUT2D eigenvalue weighted by atomic mass is 10.2. The van der Waals surface area contributed by atoms with Gasteiger partial charge in [-0.3, -0.25) is 4.79 Å². The summed E-state index contributed by atoms with van der Waals surface area (Å²) in [6.45, 7) is 4.80. The molecule has 1 amide bonds. The number of rotatable bonds is 2. The van der Waals surface area contributed by atoms with E-state index in [1.54, 1.807) is 4.52 Å². The number of piperazine rings is 1. The Balaban J connectivity index is 1.27. The van der Waals surface area contributed by atoms with E-state index in [4.69, 9.17) is 9.47 Å². The summed E-state index contributed by atoms with van der Waals surface area (Å²) < 4.78 is 13.3. The number of nitrogens with zero attached hydrogens (tertiary/aromatic N) is 6. The Labute approximate surface area is 161 Å². The van der Waals surface area contributed by atoms with Crippen LogP contribution in [0.1, 0.15) is 5.69 Å². The van der Waals surface area contributed by atoms with Crippen LogP contribution in [0.3, 0.4) is 0 Å². The molecule has 2 aliphatic rings. The molecule has 2 aromatic heterocycles. The van der Waals surface area contributed by atoms with Crippen molar-refractivity contribution < 1.29 is 14.3 Å². The average molecular weight is 380 g/mol. The maximum Gasteiger partial charge on any atom is 0.267 e. The zero-order valence-corrected chi connectivity index (χ0v) is 15.5. The van der Waals surface area contributed by atoms with Gasteiger partial charge in [-0.25, -0.2) is 4.98 Å². The molecular formula is C19H20N6O3. The van der Waals surface area contributed by atoms with Gasteiger partial charge in [0.25, 0.3) is 11.7 Å². The standard InChI is InChI=1S/C19H20N6O3/c1-13-10-17(25-19(22-13)20-12-21-25)23-6-8-24(9-7-23)18(26)16-11-27-14-4-2-3-5-15(14)28-16/h2-5,10,12,16H,6-9,11H2,1H3/t16-/m1/s1. The number of anilines is 1. The van der Waals surface area contributed by atoms with Crippen molar-refractivity contribution in [3.8, 4) is 11.5 Å². The van der Waals surface area contributed by atoms with Gasteiger partial charge in [0.05, 0.1) is 0 Å². The second-order valence-corrected chi connectivity index (χ2v) is 6.90. The number of aryl methyl sites for hydroxylation is 1. The highest BCUT2D eigenvalue weighted by atomic mass is 16.6. The second-order valence-electron chi connectivity index (χ2n) is 6.90. The largest absolute Gasteiger partial charge is 0.485 e. The van der Waals surface area contributed by atoms with Gasteiger partial charge in [-0.2, -0.15) is 14.6 Å². The first-order chi connectivity index (χ1) is 13.7. The van der Waals surface area contributed by atoms with E-state index in [2.05, 4.69) is 20.0 Å². The Kier molecular flexibility index (Phi) is 4.00. The molecule has 0 bridgehead atoms. The highest BCUT2D eigenvalue weighted by Gasteiger charge is 2.33. The molecule has 4 heterocycles. The Bertz CT molecular complexity index is 1030. The first-order valence-electron chi connectivity index (χ1n) is 9.28. The van der Waals surface area contributed by atoms with E-state index in [1.165, 1.54) is 6.33 Å². The minimum Gasteiger partial charge on any atom is -0.485 e. The van der Waals surface area contributed by atoms with Crippen molar-refractivity contribution in [2.45, 2.75) is 13.0 Å². The van der Waals surface area contributed by atoms with Gasteiger partial charge in [0, 0.05) is 37.9 Å². The Morgan fingerprint density at radius 1 is 1.14 bits per heavy atom. The van der Waals surface area contributed by atoms with Crippen molar-refractivity contribution in [1.82, 2.24) is 24.5 Å². The third kappa shape index (κ3) is 2.88. The van der Waals surface area contributed by atoms with Gasteiger partial charge < -0.3 is 19.3 Å². The van der Waals surface area contributed by atoms with Crippen LogP contribution in [0.4, 0.5) is 5.82 Å². The molecule has 1 atom stereocenters. The summed E-state index contributed by atoms with van der Waals surface area (Å²) in [7, 11) is 0. The van der Waals surface area contributed by atoms with Crippen molar-refractivity contribution in [3.05, 3.63) is 42.4 Å². The molecule has 1 aromatic carbocycles. The van der Waals surface area contributed by atoms with E-state index >= 15 is 0 Å². The summed E-state index contributed by atoms with van der Waals surface area (Å²) in [5.74, 6) is 2.79. The van der Waals surface area contributed by atoms with Crippen molar-refractivity contribution >= 4 is 17.5 Å². The number of fused-ring (bicyclic) bond motifs is 2. The minimum absolute atomic E-state index is 0.0361. The van der Waals surface area contributed by atoms with Gasteiger partial charge in [0.15, 0.2) is 11.5 Å². The zero-order valence-electron chi connectivity index (χ0n) is 15.5. The molecule has 0 saturated carbocycles. The van der Waals surface area contributed by atoms with Gasteiger partial charge in [-0.05, 0) is 19.1 Å². The van der Waals surface area contributed by atoms with E-state index in [0.29, 0.717) is 43.5 Å². The topological polar surface area (TPSA) is 85.1 Å². The Hall–Kier alpha value is -3.36. The van der Waals surface area contributed by atoms with Crippen molar-refractivity contribution in [2.75, 3.05) is 37.7 Å². The van der Waals surface area contributed by atoms with Crippen LogP contribution in [0.15, 0.2) is 36.7 Å². The quantitative estimate of drug-likeness (QED) is 0.654. The number of para-hydroxylation sites is 2. The molecule has 1 saturated heterocycles. The first-order valence-corrected chi connectivity index (χ1v) is 9.28. The maximum absolute atomic E-state index is 12.9. The number of benzene rings is 1. The van der Waals surface area contributed by atoms with E-state index in [0.717, 1.165) is 11.5 Å². The average Bonchev–Trinajstić information content (AvgIpc) is 3.21. The van der Waals surface area contributed by atoms with E-state index in [-0.39, 0.29) is 12.5 Å². The molecule has 2 aliphatic heterocycles. The predicted molar refractivity (Wildman–Crippen MR) is 101 cm³/mol. The van der Waals surface area contributed by atoms with E-state index in [1.807, 2.05) is 42.2 Å². The number of amides is 1. The number of hydrogen-bond acceptors (Lipinski definition) is 7. The molecule has 0 radical (unpaired) electrons. The fraction of sp³-hybridized carbons (Fsp3) is 0.368. The summed E-state index contributed by atoms with van der Waals surface area (Å²) in [5, 5.41) is 4.27. The van der Waals surface area contributed by atoms with Gasteiger partial charge >= 0.3 is 0 Å². The molecular weight excluding hydrogens is 360 g/mol. The zero-order chi connectivity index (χ0) is 19.1. The van der Waals surface area contributed by atoms with Gasteiger partial charge in [0.2, 0.25) is 6.10 Å². The minimum atomic E-state index is -0.605. The number of ether oxygens (including phenoxy) is 2. The lowest BCUT2D eigenvalue weighted by Gasteiger charge is -2.38. The van der Waals surface area contributed by atoms with Gasteiger partial charge in [-0.1, -0.05) is 12.1 Å². The lowest BCUT2D eigenvalue weighted by Crippen LogP contribution is -2.54. The molecule has 5 rings (SSSR count). The van der Waals surface area contributed by atoms with Crippen LogP contribution >= 0.6 is 0 Å². The van der Waals surface area contributed by atoms with Crippen LogP contribution in [-0.2, 0) is 4.79 Å². The Morgan fingerprint density at radius 2 is 1.93 bits per heavy atom. The molecule has 9 nitrogen and oxygen atoms in total. The summed E-state index contributed by atoms with van der Waals surface area (Å²) in [4.78, 5) is 25.5. The van der Waals surface area contributed by atoms with Crippen LogP contribution < -0.4 is 14.4 Å². The molecule has 0 aliphatic carbocycles. The van der Waals surface area contributed by atoms with Crippen LogP contribution in [0.5, 0.6) is 11.5 Å². The predicted octanol–water partition coefficient (Wildman–Crippen LogP) is 0.921. The van der Waals surface area contributed by atoms with Crippen LogP contribution in [0.25, 0.3) is 5.78 Å². The molecule has 0 spiro atoms. The molecule has 0 unspecified atom stereocenters. The number of carbonyl (C=O) groups is 1. The molecule has 9 heteroatoms. The molecule has 0 N–H and O–H groups in total. The van der Waals surface area contributed by atoms with Crippen LogP contribution in [0.2, 0.25) is 0 Å². The summed E-state index contributed by atoms with van der Waals surface area (Å²) in [6, 6.07) is 9.41. The maximum atomic E-state index is 12.9. The first kappa shape index (κ1) is 16.8. The summed E-state index contributed by atoms with van der Waals surface area (Å²) in [6.07, 6.45) is 0.898. The van der Waals surface area contributed by atoms with E-state index in [9.17, 15) is 4.79 Å². The monoisotopic (exact) mass is 380 g/mol. The van der Waals surface area contributed by atoms with Crippen LogP contribution in [0, 0.1) is 6.92 Å². The van der Waals surface area contributed by atoms with E-state index < -0.39 is 6.10 Å². The highest BCUT2D eigenvalue weighted by molar-refractivity contribution is 5.82. The van der Waals surface area contributed by atoms with Gasteiger partial charge in [-0.15, -0.1) is 0 Å². The normalized spacial score (nSPS) is 19.1. The second kappa shape index (κ2) is 6.66. The molecule has 144 valence electrons. The Morgan fingerprint density at radius 3 is 2.75 bits per heavy atom. The smallest absolute Gasteiger partial charge is 0.267 e. The fourth-order valence-electron chi connectivity index (χ4n) is 3.64. The van der Waals surface area contributed by atoms with Crippen molar-refractivity contribution in [1.29, 1.82) is 0 Å². The fourth-order valence-corrected chi connectivity index (χ4v) is 3.64. The summed E-state index contributed by atoms with van der Waals surface area (Å²) in [5.41, 5.74) is 0.889. The molecule has 28 heavy (non-hydrogen) atoms. The third-order valence-corrected chi connectivity index (χ3v) is 5.06.